The number of hydrogen-bond donors (Lipinski definition) is 2. The number of rotatable bonds is 4. The Balaban J connectivity index is 1.97. The SMILES string of the molecule is NN1C(=O)[C@H](C(=O)OCc2ccccc2)[C@@H]1C(=O)O. The summed E-state index contributed by atoms with van der Waals surface area (Å²) < 4.78 is 4.93. The molecular weight excluding hydrogens is 252 g/mol. The van der Waals surface area contributed by atoms with Crippen molar-refractivity contribution < 1.29 is 24.2 Å². The summed E-state index contributed by atoms with van der Waals surface area (Å²) in [5.74, 6) is 0.895. The first-order valence-corrected chi connectivity index (χ1v) is 5.53. The van der Waals surface area contributed by atoms with Crippen molar-refractivity contribution in [3.8, 4) is 0 Å². The van der Waals surface area contributed by atoms with E-state index < -0.39 is 29.8 Å². The normalized spacial score (nSPS) is 21.7. The third-order valence-electron chi connectivity index (χ3n) is 2.87. The fourth-order valence-electron chi connectivity index (χ4n) is 1.82. The van der Waals surface area contributed by atoms with Gasteiger partial charge in [0, 0.05) is 0 Å². The van der Waals surface area contributed by atoms with E-state index in [2.05, 4.69) is 0 Å². The molecule has 2 rings (SSSR count). The van der Waals surface area contributed by atoms with Gasteiger partial charge in [-0.2, -0.15) is 0 Å². The molecule has 1 aliphatic heterocycles. The lowest BCUT2D eigenvalue weighted by molar-refractivity contribution is -0.182. The first-order chi connectivity index (χ1) is 9.02. The summed E-state index contributed by atoms with van der Waals surface area (Å²) in [6, 6.07) is 7.52. The van der Waals surface area contributed by atoms with E-state index in [1.807, 2.05) is 6.07 Å². The molecule has 0 radical (unpaired) electrons. The quantitative estimate of drug-likeness (QED) is 0.250. The highest BCUT2D eigenvalue weighted by Gasteiger charge is 2.55. The number of carbonyl (C=O) groups is 3. The van der Waals surface area contributed by atoms with Crippen molar-refractivity contribution in [1.29, 1.82) is 0 Å². The third kappa shape index (κ3) is 2.41. The molecule has 2 atom stereocenters. The molecule has 0 spiro atoms. The zero-order chi connectivity index (χ0) is 14.0. The average Bonchev–Trinajstić information content (AvgIpc) is 2.41. The number of carboxylic acid groups (broad SMARTS) is 1. The van der Waals surface area contributed by atoms with Crippen molar-refractivity contribution in [3.05, 3.63) is 35.9 Å². The summed E-state index contributed by atoms with van der Waals surface area (Å²) >= 11 is 0. The number of hydrogen-bond acceptors (Lipinski definition) is 5. The Kier molecular flexibility index (Phi) is 3.48. The Bertz CT molecular complexity index is 516. The number of aliphatic carboxylic acids is 1. The smallest absolute Gasteiger partial charge is 0.329 e. The standard InChI is InChI=1S/C12H12N2O5/c13-14-9(11(16)17)8(10(14)15)12(18)19-6-7-4-2-1-3-5-7/h1-5,8-9H,6,13H2,(H,16,17)/t8-,9-/m1/s1. The number of nitrogens with two attached hydrogens (primary N) is 1. The van der Waals surface area contributed by atoms with Crippen LogP contribution in [-0.4, -0.2) is 34.0 Å². The van der Waals surface area contributed by atoms with Crippen molar-refractivity contribution in [1.82, 2.24) is 5.01 Å². The summed E-state index contributed by atoms with van der Waals surface area (Å²) in [4.78, 5) is 33.9. The van der Waals surface area contributed by atoms with Crippen LogP contribution in [0.2, 0.25) is 0 Å². The zero-order valence-electron chi connectivity index (χ0n) is 9.85. The predicted octanol–water partition coefficient (Wildman–Crippen LogP) is -0.485. The summed E-state index contributed by atoms with van der Waals surface area (Å²) in [6.07, 6.45) is 0. The minimum absolute atomic E-state index is 0.0135. The maximum Gasteiger partial charge on any atom is 0.329 e. The molecule has 7 heteroatoms. The number of nitrogens with zero attached hydrogens (tertiary/aromatic N) is 1. The molecule has 100 valence electrons. The lowest BCUT2D eigenvalue weighted by Gasteiger charge is -2.39. The number of esters is 1. The zero-order valence-corrected chi connectivity index (χ0v) is 9.85. The highest BCUT2D eigenvalue weighted by atomic mass is 16.5. The van der Waals surface area contributed by atoms with Crippen molar-refractivity contribution in [2.75, 3.05) is 0 Å². The number of amides is 1. The number of benzene rings is 1. The summed E-state index contributed by atoms with van der Waals surface area (Å²) in [5.41, 5.74) is 0.749. The lowest BCUT2D eigenvalue weighted by atomic mass is 9.89. The van der Waals surface area contributed by atoms with Crippen LogP contribution in [0.15, 0.2) is 30.3 Å². The minimum Gasteiger partial charge on any atom is -0.480 e. The largest absolute Gasteiger partial charge is 0.480 e. The third-order valence-corrected chi connectivity index (χ3v) is 2.87. The molecule has 1 fully saturated rings. The summed E-state index contributed by atoms with van der Waals surface area (Å²) in [7, 11) is 0. The molecule has 1 saturated heterocycles. The number of hydrazine groups is 1. The molecule has 7 nitrogen and oxygen atoms in total. The maximum atomic E-state index is 11.7. The van der Waals surface area contributed by atoms with Crippen LogP contribution in [0.4, 0.5) is 0 Å². The van der Waals surface area contributed by atoms with Gasteiger partial charge >= 0.3 is 11.9 Å². The Hall–Kier alpha value is -2.41. The van der Waals surface area contributed by atoms with Crippen LogP contribution in [0.5, 0.6) is 0 Å². The number of β-lactam (4-membered cyclic amide) rings is 1. The van der Waals surface area contributed by atoms with Crippen LogP contribution in [0.25, 0.3) is 0 Å². The summed E-state index contributed by atoms with van der Waals surface area (Å²) in [5, 5.41) is 9.37. The molecule has 1 aromatic rings. The molecular formula is C12H12N2O5. The van der Waals surface area contributed by atoms with Crippen LogP contribution >= 0.6 is 0 Å². The Morgan fingerprint density at radius 1 is 1.32 bits per heavy atom. The second-order valence-corrected chi connectivity index (χ2v) is 4.10. The Morgan fingerprint density at radius 2 is 1.95 bits per heavy atom. The van der Waals surface area contributed by atoms with Crippen molar-refractivity contribution in [2.45, 2.75) is 12.6 Å². The van der Waals surface area contributed by atoms with E-state index in [-0.39, 0.29) is 6.61 Å². The Labute approximate surface area is 108 Å². The van der Waals surface area contributed by atoms with Crippen LogP contribution in [0, 0.1) is 5.92 Å². The molecule has 1 aromatic carbocycles. The van der Waals surface area contributed by atoms with E-state index in [0.717, 1.165) is 5.56 Å². The van der Waals surface area contributed by atoms with Crippen molar-refractivity contribution >= 4 is 17.8 Å². The topological polar surface area (TPSA) is 110 Å². The van der Waals surface area contributed by atoms with Gasteiger partial charge in [-0.25, -0.2) is 10.6 Å². The highest BCUT2D eigenvalue weighted by Crippen LogP contribution is 2.25. The molecule has 0 bridgehead atoms. The molecule has 1 aliphatic rings. The van der Waals surface area contributed by atoms with Crippen LogP contribution in [-0.2, 0) is 25.7 Å². The first-order valence-electron chi connectivity index (χ1n) is 5.53. The minimum atomic E-state index is -1.36. The van der Waals surface area contributed by atoms with Gasteiger partial charge in [0.05, 0.1) is 0 Å². The number of carbonyl (C=O) groups excluding carboxylic acids is 2. The van der Waals surface area contributed by atoms with Gasteiger partial charge in [-0.3, -0.25) is 14.6 Å². The monoisotopic (exact) mass is 264 g/mol. The van der Waals surface area contributed by atoms with Crippen LogP contribution in [0.3, 0.4) is 0 Å². The van der Waals surface area contributed by atoms with Crippen molar-refractivity contribution in [2.24, 2.45) is 11.8 Å². The molecule has 3 N–H and O–H groups in total. The van der Waals surface area contributed by atoms with E-state index in [9.17, 15) is 14.4 Å². The van der Waals surface area contributed by atoms with Crippen molar-refractivity contribution in [3.63, 3.8) is 0 Å². The van der Waals surface area contributed by atoms with E-state index in [1.165, 1.54) is 0 Å². The van der Waals surface area contributed by atoms with E-state index in [1.54, 1.807) is 24.3 Å². The second kappa shape index (κ2) is 5.07. The molecule has 19 heavy (non-hydrogen) atoms. The van der Waals surface area contributed by atoms with Gasteiger partial charge < -0.3 is 9.84 Å². The number of ether oxygens (including phenoxy) is 1. The first kappa shape index (κ1) is 13.0. The predicted molar refractivity (Wildman–Crippen MR) is 62.2 cm³/mol. The molecule has 1 amide bonds. The fraction of sp³-hybridized carbons (Fsp3) is 0.250. The van der Waals surface area contributed by atoms with Gasteiger partial charge in [-0.05, 0) is 5.56 Å². The Morgan fingerprint density at radius 3 is 2.53 bits per heavy atom. The molecule has 0 saturated carbocycles. The van der Waals surface area contributed by atoms with E-state index in [4.69, 9.17) is 15.7 Å². The molecule has 1 heterocycles. The number of carboxylic acids is 1. The van der Waals surface area contributed by atoms with Gasteiger partial charge in [-0.1, -0.05) is 30.3 Å². The van der Waals surface area contributed by atoms with E-state index in [0.29, 0.717) is 5.01 Å². The lowest BCUT2D eigenvalue weighted by Crippen LogP contribution is -2.69. The maximum absolute atomic E-state index is 11.7. The van der Waals surface area contributed by atoms with Gasteiger partial charge in [0.1, 0.15) is 6.61 Å². The van der Waals surface area contributed by atoms with Gasteiger partial charge in [0.2, 0.25) is 0 Å². The molecule has 0 aromatic heterocycles. The van der Waals surface area contributed by atoms with Crippen LogP contribution in [0.1, 0.15) is 5.56 Å². The van der Waals surface area contributed by atoms with E-state index >= 15 is 0 Å². The molecule has 0 unspecified atom stereocenters. The summed E-state index contributed by atoms with van der Waals surface area (Å²) in [6.45, 7) is -0.0135. The molecule has 0 aliphatic carbocycles. The van der Waals surface area contributed by atoms with Gasteiger partial charge in [0.15, 0.2) is 12.0 Å². The van der Waals surface area contributed by atoms with Crippen LogP contribution < -0.4 is 5.84 Å². The van der Waals surface area contributed by atoms with Gasteiger partial charge in [-0.15, -0.1) is 0 Å². The second-order valence-electron chi connectivity index (χ2n) is 4.10. The average molecular weight is 264 g/mol. The highest BCUT2D eigenvalue weighted by molar-refractivity contribution is 6.09. The van der Waals surface area contributed by atoms with Gasteiger partial charge in [0.25, 0.3) is 5.91 Å². The fourth-order valence-corrected chi connectivity index (χ4v) is 1.82.